The quantitative estimate of drug-likeness (QED) is 0.231. The maximum absolute atomic E-state index is 2.42. The molecule has 1 heterocycles. The predicted molar refractivity (Wildman–Crippen MR) is 164 cm³/mol. The van der Waals surface area contributed by atoms with Gasteiger partial charge in [-0.1, -0.05) is 133 Å². The van der Waals surface area contributed by atoms with Crippen LogP contribution in [0.5, 0.6) is 0 Å². The molecule has 5 aromatic rings. The van der Waals surface area contributed by atoms with E-state index in [1.165, 1.54) is 70.3 Å². The van der Waals surface area contributed by atoms with Crippen LogP contribution in [0.15, 0.2) is 143 Å². The van der Waals surface area contributed by atoms with Crippen LogP contribution >= 0.6 is 11.8 Å². The summed E-state index contributed by atoms with van der Waals surface area (Å²) in [7, 11) is 0. The molecule has 0 N–H and O–H groups in total. The van der Waals surface area contributed by atoms with Crippen LogP contribution in [0.1, 0.15) is 17.0 Å². The monoisotopic (exact) mass is 502 g/mol. The van der Waals surface area contributed by atoms with Crippen molar-refractivity contribution in [2.45, 2.75) is 17.7 Å². The Hall–Kier alpha value is -4.07. The van der Waals surface area contributed by atoms with Crippen LogP contribution in [0, 0.1) is 12.8 Å². The summed E-state index contributed by atoms with van der Waals surface area (Å²) in [4.78, 5) is 2.87. The van der Waals surface area contributed by atoms with Crippen molar-refractivity contribution in [2.24, 2.45) is 5.92 Å². The minimum absolute atomic E-state index is 0.445. The Morgan fingerprint density at radius 3 is 2.32 bits per heavy atom. The zero-order valence-electron chi connectivity index (χ0n) is 21.2. The van der Waals surface area contributed by atoms with Gasteiger partial charge >= 0.3 is 0 Å². The Morgan fingerprint density at radius 2 is 1.42 bits per heavy atom. The number of hydrogen-bond donors (Lipinski definition) is 0. The molecule has 2 unspecified atom stereocenters. The summed E-state index contributed by atoms with van der Waals surface area (Å²) in [6.07, 6.45) is 13.6. The Kier molecular flexibility index (Phi) is 4.90. The smallest absolute Gasteiger partial charge is 0.0267 e. The molecule has 2 aliphatic carbocycles. The molecule has 0 radical (unpaired) electrons. The average Bonchev–Trinajstić information content (AvgIpc) is 3.36. The van der Waals surface area contributed by atoms with E-state index in [0.29, 0.717) is 11.8 Å². The van der Waals surface area contributed by atoms with Gasteiger partial charge in [-0.3, -0.25) is 0 Å². The molecule has 3 aliphatic rings. The van der Waals surface area contributed by atoms with Crippen LogP contribution in [0.3, 0.4) is 0 Å². The zero-order valence-corrected chi connectivity index (χ0v) is 22.0. The van der Waals surface area contributed by atoms with Crippen molar-refractivity contribution in [2.75, 3.05) is 0 Å². The molecule has 1 aliphatic heterocycles. The fraction of sp³-hybridized carbons (Fsp3) is 0.0811. The Morgan fingerprint density at radius 1 is 0.658 bits per heavy atom. The van der Waals surface area contributed by atoms with Gasteiger partial charge in [0.15, 0.2) is 0 Å². The molecule has 0 spiro atoms. The number of allylic oxidation sites excluding steroid dienone is 8. The lowest BCUT2D eigenvalue weighted by Gasteiger charge is -2.28. The molecule has 0 fully saturated rings. The van der Waals surface area contributed by atoms with Crippen LogP contribution in [-0.4, -0.2) is 0 Å². The summed E-state index contributed by atoms with van der Waals surface area (Å²) >= 11 is 1.95. The van der Waals surface area contributed by atoms with Gasteiger partial charge in [0.2, 0.25) is 0 Å². The molecule has 180 valence electrons. The first-order valence-electron chi connectivity index (χ1n) is 13.4. The molecule has 0 amide bonds. The second kappa shape index (κ2) is 8.48. The molecule has 0 nitrogen and oxygen atoms in total. The highest BCUT2D eigenvalue weighted by molar-refractivity contribution is 8.03. The predicted octanol–water partition coefficient (Wildman–Crippen LogP) is 10.4. The van der Waals surface area contributed by atoms with Gasteiger partial charge < -0.3 is 0 Å². The minimum Gasteiger partial charge on any atom is -0.0935 e. The summed E-state index contributed by atoms with van der Waals surface area (Å²) in [5, 5.41) is 5.23. The molecule has 38 heavy (non-hydrogen) atoms. The van der Waals surface area contributed by atoms with E-state index >= 15 is 0 Å². The highest BCUT2D eigenvalue weighted by Gasteiger charge is 2.36. The van der Waals surface area contributed by atoms with E-state index in [-0.39, 0.29) is 0 Å². The summed E-state index contributed by atoms with van der Waals surface area (Å²) in [5.74, 6) is 0.894. The van der Waals surface area contributed by atoms with Gasteiger partial charge in [-0.25, -0.2) is 0 Å². The molecule has 0 aromatic heterocycles. The van der Waals surface area contributed by atoms with Crippen molar-refractivity contribution < 1.29 is 0 Å². The summed E-state index contributed by atoms with van der Waals surface area (Å²) in [6.45, 7) is 2.25. The minimum atomic E-state index is 0.445. The number of rotatable bonds is 2. The number of fused-ring (bicyclic) bond motifs is 7. The first-order chi connectivity index (χ1) is 18.8. The van der Waals surface area contributed by atoms with E-state index in [9.17, 15) is 0 Å². The van der Waals surface area contributed by atoms with Crippen molar-refractivity contribution in [1.29, 1.82) is 0 Å². The first-order valence-corrected chi connectivity index (χ1v) is 14.2. The van der Waals surface area contributed by atoms with Gasteiger partial charge in [0.05, 0.1) is 0 Å². The molecule has 1 heteroatoms. The Labute approximate surface area is 227 Å². The van der Waals surface area contributed by atoms with Gasteiger partial charge in [0.25, 0.3) is 0 Å². The van der Waals surface area contributed by atoms with Crippen molar-refractivity contribution in [3.8, 4) is 22.3 Å². The molecular weight excluding hydrogens is 476 g/mol. The van der Waals surface area contributed by atoms with Crippen LogP contribution in [0.2, 0.25) is 0 Å². The molecule has 2 atom stereocenters. The number of benzene rings is 5. The second-order valence-corrected chi connectivity index (χ2v) is 11.6. The topological polar surface area (TPSA) is 0 Å². The molecule has 0 bridgehead atoms. The Balaban J connectivity index is 1.25. The highest BCUT2D eigenvalue weighted by Crippen LogP contribution is 2.56. The van der Waals surface area contributed by atoms with E-state index in [2.05, 4.69) is 134 Å². The second-order valence-electron chi connectivity index (χ2n) is 10.5. The summed E-state index contributed by atoms with van der Waals surface area (Å²) < 4.78 is 0. The maximum atomic E-state index is 2.42. The van der Waals surface area contributed by atoms with Crippen molar-refractivity contribution in [1.82, 2.24) is 0 Å². The van der Waals surface area contributed by atoms with E-state index in [1.54, 1.807) is 0 Å². The van der Waals surface area contributed by atoms with E-state index in [4.69, 9.17) is 0 Å². The van der Waals surface area contributed by atoms with Gasteiger partial charge in [0, 0.05) is 16.7 Å². The highest BCUT2D eigenvalue weighted by atomic mass is 32.2. The third-order valence-corrected chi connectivity index (χ3v) is 9.71. The van der Waals surface area contributed by atoms with Crippen LogP contribution in [-0.2, 0) is 0 Å². The Bertz CT molecular complexity index is 1910. The third-order valence-electron chi connectivity index (χ3n) is 8.51. The van der Waals surface area contributed by atoms with E-state index < -0.39 is 0 Å². The first kappa shape index (κ1) is 22.0. The number of aryl methyl sites for hydroxylation is 1. The standard InChI is InChI=1S/C37H26S/c1-23-27-10-4-2-8-24(27)14-17-28(23)33-20-19-29(31-12-6-7-13-32(31)33)26-15-18-34-36(22-26)38-35-21-16-25-9-3-5-11-30(25)37(34)35/h2-22,30,37H,1H3. The van der Waals surface area contributed by atoms with Crippen molar-refractivity contribution >= 4 is 33.3 Å². The number of thioether (sulfide) groups is 1. The van der Waals surface area contributed by atoms with Gasteiger partial charge in [-0.05, 0) is 78.4 Å². The molecule has 5 aromatic carbocycles. The van der Waals surface area contributed by atoms with Crippen molar-refractivity contribution in [3.05, 3.63) is 149 Å². The zero-order chi connectivity index (χ0) is 25.2. The lowest BCUT2D eigenvalue weighted by molar-refractivity contribution is 0.661. The lowest BCUT2D eigenvalue weighted by atomic mass is 9.76. The third kappa shape index (κ3) is 3.25. The lowest BCUT2D eigenvalue weighted by Crippen LogP contribution is -2.15. The fourth-order valence-electron chi connectivity index (χ4n) is 6.62. The maximum Gasteiger partial charge on any atom is 0.0267 e. The largest absolute Gasteiger partial charge is 0.0935 e. The average molecular weight is 503 g/mol. The molecular formula is C37H26S. The van der Waals surface area contributed by atoms with Gasteiger partial charge in [-0.15, -0.1) is 0 Å². The molecule has 0 saturated carbocycles. The SMILES string of the molecule is Cc1c(-c2ccc(-c3ccc4c(c3)SC3=CC=C5C=CC=CC5C34)c3ccccc23)ccc2ccccc12. The molecule has 8 rings (SSSR count). The van der Waals surface area contributed by atoms with Crippen LogP contribution in [0.4, 0.5) is 0 Å². The molecule has 0 saturated heterocycles. The van der Waals surface area contributed by atoms with E-state index in [0.717, 1.165) is 0 Å². The van der Waals surface area contributed by atoms with Crippen LogP contribution in [0.25, 0.3) is 43.8 Å². The number of hydrogen-bond acceptors (Lipinski definition) is 1. The normalized spacial score (nSPS) is 19.2. The summed E-state index contributed by atoms with van der Waals surface area (Å²) in [5.41, 5.74) is 9.43. The fourth-order valence-corrected chi connectivity index (χ4v) is 7.91. The van der Waals surface area contributed by atoms with Crippen molar-refractivity contribution in [3.63, 3.8) is 0 Å². The van der Waals surface area contributed by atoms with Gasteiger partial charge in [0.1, 0.15) is 0 Å². The van der Waals surface area contributed by atoms with Crippen LogP contribution < -0.4 is 0 Å². The van der Waals surface area contributed by atoms with Gasteiger partial charge in [-0.2, -0.15) is 0 Å². The van der Waals surface area contributed by atoms with E-state index in [1.807, 2.05) is 11.8 Å². The summed E-state index contributed by atoms with van der Waals surface area (Å²) in [6, 6.07) is 33.9.